The minimum Gasteiger partial charge on any atom is -0.486 e. The van der Waals surface area contributed by atoms with Gasteiger partial charge in [0, 0.05) is 0 Å². The van der Waals surface area contributed by atoms with Crippen LogP contribution >= 0.6 is 0 Å². The van der Waals surface area contributed by atoms with Crippen molar-refractivity contribution in [1.29, 1.82) is 0 Å². The van der Waals surface area contributed by atoms with Crippen LogP contribution in [0, 0.1) is 11.6 Å². The predicted molar refractivity (Wildman–Crippen MR) is 86.0 cm³/mol. The lowest BCUT2D eigenvalue weighted by Gasteiger charge is -2.26. The molecule has 2 aromatic rings. The van der Waals surface area contributed by atoms with E-state index < -0.39 is 41.8 Å². The number of ether oxygens (including phenoxy) is 3. The highest BCUT2D eigenvalue weighted by atomic mass is 19.1. The van der Waals surface area contributed by atoms with E-state index in [1.807, 2.05) is 6.07 Å². The van der Waals surface area contributed by atoms with Gasteiger partial charge in [0.2, 0.25) is 0 Å². The SMILES string of the molecule is O=C(COC(=O)c1c(F)cccc1F)NC[C@@H]1COc2ccccc2O1. The van der Waals surface area contributed by atoms with E-state index in [1.165, 1.54) is 0 Å². The largest absolute Gasteiger partial charge is 0.486 e. The maximum absolute atomic E-state index is 13.5. The van der Waals surface area contributed by atoms with Crippen molar-refractivity contribution < 1.29 is 32.6 Å². The van der Waals surface area contributed by atoms with Gasteiger partial charge in [-0.05, 0) is 24.3 Å². The molecule has 1 aliphatic rings. The third kappa shape index (κ3) is 4.08. The zero-order chi connectivity index (χ0) is 18.5. The van der Waals surface area contributed by atoms with Gasteiger partial charge in [0.1, 0.15) is 29.9 Å². The molecule has 1 amide bonds. The number of nitrogens with one attached hydrogen (secondary N) is 1. The number of benzene rings is 2. The molecule has 6 nitrogen and oxygen atoms in total. The molecular formula is C18H15F2NO5. The second-order valence-corrected chi connectivity index (χ2v) is 5.47. The Bertz CT molecular complexity index is 807. The van der Waals surface area contributed by atoms with Crippen molar-refractivity contribution in [3.8, 4) is 11.5 Å². The number of amides is 1. The van der Waals surface area contributed by atoms with Gasteiger partial charge in [0.15, 0.2) is 18.1 Å². The van der Waals surface area contributed by atoms with Crippen LogP contribution in [0.25, 0.3) is 0 Å². The number of carbonyl (C=O) groups excluding carboxylic acids is 2. The molecule has 1 atom stereocenters. The van der Waals surface area contributed by atoms with Gasteiger partial charge >= 0.3 is 5.97 Å². The van der Waals surface area contributed by atoms with E-state index in [2.05, 4.69) is 10.1 Å². The Morgan fingerprint density at radius 2 is 1.77 bits per heavy atom. The Balaban J connectivity index is 1.46. The zero-order valence-electron chi connectivity index (χ0n) is 13.5. The Labute approximate surface area is 147 Å². The number of fused-ring (bicyclic) bond motifs is 1. The van der Waals surface area contributed by atoms with E-state index >= 15 is 0 Å². The summed E-state index contributed by atoms with van der Waals surface area (Å²) < 4.78 is 42.7. The topological polar surface area (TPSA) is 73.9 Å². The molecule has 0 radical (unpaired) electrons. The quantitative estimate of drug-likeness (QED) is 0.824. The molecule has 3 rings (SSSR count). The number of hydrogen-bond donors (Lipinski definition) is 1. The lowest BCUT2D eigenvalue weighted by molar-refractivity contribution is -0.124. The van der Waals surface area contributed by atoms with Crippen molar-refractivity contribution in [2.75, 3.05) is 19.8 Å². The molecule has 0 unspecified atom stereocenters. The van der Waals surface area contributed by atoms with Crippen molar-refractivity contribution in [2.24, 2.45) is 0 Å². The van der Waals surface area contributed by atoms with Gasteiger partial charge in [0.05, 0.1) is 6.54 Å². The number of para-hydroxylation sites is 2. The van der Waals surface area contributed by atoms with Crippen LogP contribution in [0.2, 0.25) is 0 Å². The van der Waals surface area contributed by atoms with Crippen LogP contribution in [0.5, 0.6) is 11.5 Å². The van der Waals surface area contributed by atoms with Gasteiger partial charge in [-0.15, -0.1) is 0 Å². The van der Waals surface area contributed by atoms with Gasteiger partial charge in [-0.25, -0.2) is 13.6 Å². The molecule has 0 fully saturated rings. The maximum Gasteiger partial charge on any atom is 0.344 e. The molecule has 1 N–H and O–H groups in total. The van der Waals surface area contributed by atoms with Gasteiger partial charge < -0.3 is 19.5 Å². The maximum atomic E-state index is 13.5. The number of rotatable bonds is 5. The molecule has 0 aliphatic carbocycles. The van der Waals surface area contributed by atoms with E-state index in [4.69, 9.17) is 9.47 Å². The highest BCUT2D eigenvalue weighted by Crippen LogP contribution is 2.30. The summed E-state index contributed by atoms with van der Waals surface area (Å²) in [5.41, 5.74) is -0.832. The molecular weight excluding hydrogens is 348 g/mol. The standard InChI is InChI=1S/C18H15F2NO5/c19-12-4-3-5-13(20)17(12)18(23)25-10-16(22)21-8-11-9-24-14-6-1-2-7-15(14)26-11/h1-7,11H,8-10H2,(H,21,22)/t11-/m1/s1. The van der Waals surface area contributed by atoms with Crippen LogP contribution in [-0.4, -0.2) is 37.7 Å². The van der Waals surface area contributed by atoms with Gasteiger partial charge in [-0.2, -0.15) is 0 Å². The van der Waals surface area contributed by atoms with Gasteiger partial charge in [0.25, 0.3) is 5.91 Å². The van der Waals surface area contributed by atoms with Crippen LogP contribution in [0.3, 0.4) is 0 Å². The summed E-state index contributed by atoms with van der Waals surface area (Å²) in [7, 11) is 0. The Morgan fingerprint density at radius 3 is 2.50 bits per heavy atom. The van der Waals surface area contributed by atoms with Crippen LogP contribution < -0.4 is 14.8 Å². The number of esters is 1. The van der Waals surface area contributed by atoms with Crippen molar-refractivity contribution in [3.05, 3.63) is 59.7 Å². The van der Waals surface area contributed by atoms with Crippen molar-refractivity contribution >= 4 is 11.9 Å². The molecule has 0 saturated heterocycles. The third-order valence-electron chi connectivity index (χ3n) is 3.60. The summed E-state index contributed by atoms with van der Waals surface area (Å²) in [5.74, 6) is -2.79. The van der Waals surface area contributed by atoms with Crippen LogP contribution in [0.15, 0.2) is 42.5 Å². The van der Waals surface area contributed by atoms with Crippen molar-refractivity contribution in [3.63, 3.8) is 0 Å². The van der Waals surface area contributed by atoms with E-state index in [9.17, 15) is 18.4 Å². The lowest BCUT2D eigenvalue weighted by Crippen LogP contribution is -2.42. The van der Waals surface area contributed by atoms with E-state index in [0.717, 1.165) is 18.2 Å². The van der Waals surface area contributed by atoms with Crippen molar-refractivity contribution in [1.82, 2.24) is 5.32 Å². The highest BCUT2D eigenvalue weighted by molar-refractivity contribution is 5.91. The second kappa shape index (κ2) is 7.81. The summed E-state index contributed by atoms with van der Waals surface area (Å²) in [6.45, 7) is -0.299. The molecule has 1 heterocycles. The Morgan fingerprint density at radius 1 is 1.08 bits per heavy atom. The highest BCUT2D eigenvalue weighted by Gasteiger charge is 2.22. The second-order valence-electron chi connectivity index (χ2n) is 5.47. The first kappa shape index (κ1) is 17.7. The minimum absolute atomic E-state index is 0.124. The fourth-order valence-electron chi connectivity index (χ4n) is 2.34. The van der Waals surface area contributed by atoms with Crippen LogP contribution in [-0.2, 0) is 9.53 Å². The summed E-state index contributed by atoms with van der Waals surface area (Å²) in [4.78, 5) is 23.5. The molecule has 2 aromatic carbocycles. The molecule has 0 saturated carbocycles. The van der Waals surface area contributed by atoms with Gasteiger partial charge in [-0.3, -0.25) is 4.79 Å². The monoisotopic (exact) mass is 363 g/mol. The molecule has 8 heteroatoms. The number of carbonyl (C=O) groups is 2. The number of halogens is 2. The number of hydrogen-bond acceptors (Lipinski definition) is 5. The van der Waals surface area contributed by atoms with E-state index in [-0.39, 0.29) is 13.2 Å². The fraction of sp³-hybridized carbons (Fsp3) is 0.222. The molecule has 26 heavy (non-hydrogen) atoms. The average Bonchev–Trinajstić information content (AvgIpc) is 2.64. The first-order chi connectivity index (χ1) is 12.5. The van der Waals surface area contributed by atoms with Crippen LogP contribution in [0.4, 0.5) is 8.78 Å². The smallest absolute Gasteiger partial charge is 0.344 e. The van der Waals surface area contributed by atoms with Crippen molar-refractivity contribution in [2.45, 2.75) is 6.10 Å². The molecule has 1 aliphatic heterocycles. The molecule has 0 spiro atoms. The molecule has 0 aromatic heterocycles. The van der Waals surface area contributed by atoms with E-state index in [1.54, 1.807) is 18.2 Å². The summed E-state index contributed by atoms with van der Waals surface area (Å²) >= 11 is 0. The fourth-order valence-corrected chi connectivity index (χ4v) is 2.34. The Kier molecular flexibility index (Phi) is 5.31. The zero-order valence-corrected chi connectivity index (χ0v) is 13.5. The molecule has 0 bridgehead atoms. The minimum atomic E-state index is -1.25. The average molecular weight is 363 g/mol. The first-order valence-electron chi connectivity index (χ1n) is 7.81. The van der Waals surface area contributed by atoms with Crippen LogP contribution in [0.1, 0.15) is 10.4 Å². The third-order valence-corrected chi connectivity index (χ3v) is 3.60. The summed E-state index contributed by atoms with van der Waals surface area (Å²) in [5, 5.41) is 2.51. The van der Waals surface area contributed by atoms with E-state index in [0.29, 0.717) is 11.5 Å². The Hall–Kier alpha value is -3.16. The molecule has 136 valence electrons. The normalized spacial score (nSPS) is 15.2. The first-order valence-corrected chi connectivity index (χ1v) is 7.81. The summed E-state index contributed by atoms with van der Waals surface area (Å²) in [6, 6.07) is 10.1. The lowest BCUT2D eigenvalue weighted by atomic mass is 10.2. The summed E-state index contributed by atoms with van der Waals surface area (Å²) in [6.07, 6.45) is -0.409. The van der Waals surface area contributed by atoms with Gasteiger partial charge in [-0.1, -0.05) is 18.2 Å². The predicted octanol–water partition coefficient (Wildman–Crippen LogP) is 2.08.